The van der Waals surface area contributed by atoms with Gasteiger partial charge in [-0.2, -0.15) is 0 Å². The normalized spacial score (nSPS) is 11.2. The van der Waals surface area contributed by atoms with Crippen molar-refractivity contribution in [3.05, 3.63) is 29.8 Å². The number of carbonyl (C=O) groups excluding carboxylic acids is 1. The van der Waals surface area contributed by atoms with E-state index in [2.05, 4.69) is 16.6 Å². The molecule has 2 amide bonds. The van der Waals surface area contributed by atoms with Gasteiger partial charge in [-0.1, -0.05) is 18.9 Å². The van der Waals surface area contributed by atoms with Gasteiger partial charge in [0, 0.05) is 24.2 Å². The summed E-state index contributed by atoms with van der Waals surface area (Å²) in [5.74, 6) is 1.77. The molecule has 0 radical (unpaired) electrons. The number of carboxylic acid groups (broad SMARTS) is 1. The lowest BCUT2D eigenvalue weighted by Crippen LogP contribution is -2.32. The number of nitrogens with one attached hydrogen (secondary N) is 2. The van der Waals surface area contributed by atoms with Gasteiger partial charge in [0.2, 0.25) is 0 Å². The van der Waals surface area contributed by atoms with E-state index in [-0.39, 0.29) is 18.4 Å². The first-order chi connectivity index (χ1) is 9.51. The van der Waals surface area contributed by atoms with Crippen LogP contribution in [0.25, 0.3) is 0 Å². The molecule has 0 bridgehead atoms. The minimum absolute atomic E-state index is 0.105. The maximum absolute atomic E-state index is 11.7. The van der Waals surface area contributed by atoms with Crippen LogP contribution < -0.4 is 10.6 Å². The van der Waals surface area contributed by atoms with Crippen molar-refractivity contribution in [1.29, 1.82) is 0 Å². The molecular formula is C15H18N2O3. The van der Waals surface area contributed by atoms with E-state index < -0.39 is 5.97 Å². The highest BCUT2D eigenvalue weighted by Crippen LogP contribution is 2.09. The van der Waals surface area contributed by atoms with E-state index >= 15 is 0 Å². The Kier molecular flexibility index (Phi) is 6.11. The number of terminal acetylenes is 1. The van der Waals surface area contributed by atoms with Crippen molar-refractivity contribution in [1.82, 2.24) is 5.32 Å². The third kappa shape index (κ3) is 5.91. The van der Waals surface area contributed by atoms with Crippen molar-refractivity contribution >= 4 is 17.7 Å². The second kappa shape index (κ2) is 7.85. The summed E-state index contributed by atoms with van der Waals surface area (Å²) in [7, 11) is 0. The third-order valence-corrected chi connectivity index (χ3v) is 2.75. The van der Waals surface area contributed by atoms with E-state index in [1.165, 1.54) is 0 Å². The molecule has 3 N–H and O–H groups in total. The molecule has 5 heteroatoms. The molecule has 0 saturated carbocycles. The van der Waals surface area contributed by atoms with Gasteiger partial charge >= 0.3 is 12.0 Å². The lowest BCUT2D eigenvalue weighted by molar-refractivity contribution is -0.137. The highest BCUT2D eigenvalue weighted by molar-refractivity contribution is 5.89. The summed E-state index contributed by atoms with van der Waals surface area (Å²) in [6.45, 7) is 2.32. The molecule has 106 valence electrons. The number of carbonyl (C=O) groups is 2. The monoisotopic (exact) mass is 274 g/mol. The Balaban J connectivity index is 2.36. The summed E-state index contributed by atoms with van der Waals surface area (Å²) >= 11 is 0. The molecule has 1 unspecified atom stereocenters. The standard InChI is InChI=1S/C15H18N2O3/c1-3-12-5-4-6-13(9-12)17-15(20)16-10-11(2)7-8-14(18)19/h1,4-6,9,11H,7-8,10H2,2H3,(H,18,19)(H2,16,17,20). The van der Waals surface area contributed by atoms with Gasteiger partial charge in [-0.15, -0.1) is 6.42 Å². The van der Waals surface area contributed by atoms with Crippen LogP contribution in [0, 0.1) is 18.3 Å². The molecule has 0 aliphatic heterocycles. The molecule has 0 fully saturated rings. The molecule has 1 rings (SSSR count). The van der Waals surface area contributed by atoms with E-state index in [4.69, 9.17) is 11.5 Å². The van der Waals surface area contributed by atoms with Crippen LogP contribution in [-0.2, 0) is 4.79 Å². The van der Waals surface area contributed by atoms with Crippen molar-refractivity contribution in [2.45, 2.75) is 19.8 Å². The Bertz CT molecular complexity index is 520. The zero-order valence-electron chi connectivity index (χ0n) is 11.3. The average Bonchev–Trinajstić information content (AvgIpc) is 2.43. The van der Waals surface area contributed by atoms with Crippen LogP contribution in [0.15, 0.2) is 24.3 Å². The van der Waals surface area contributed by atoms with Crippen molar-refractivity contribution in [3.8, 4) is 12.3 Å². The Hall–Kier alpha value is -2.48. The first-order valence-electron chi connectivity index (χ1n) is 6.34. The van der Waals surface area contributed by atoms with Crippen LogP contribution in [0.4, 0.5) is 10.5 Å². The quantitative estimate of drug-likeness (QED) is 0.696. The Labute approximate surface area is 118 Å². The molecule has 0 spiro atoms. The van der Waals surface area contributed by atoms with Crippen molar-refractivity contribution in [3.63, 3.8) is 0 Å². The highest BCUT2D eigenvalue weighted by Gasteiger charge is 2.08. The van der Waals surface area contributed by atoms with E-state index in [0.717, 1.165) is 0 Å². The average molecular weight is 274 g/mol. The van der Waals surface area contributed by atoms with Gasteiger partial charge < -0.3 is 15.7 Å². The van der Waals surface area contributed by atoms with Gasteiger partial charge in [0.05, 0.1) is 0 Å². The number of benzene rings is 1. The largest absolute Gasteiger partial charge is 0.481 e. The number of carboxylic acids is 1. The number of amides is 2. The highest BCUT2D eigenvalue weighted by atomic mass is 16.4. The van der Waals surface area contributed by atoms with Crippen LogP contribution in [0.2, 0.25) is 0 Å². The predicted octanol–water partition coefficient (Wildman–Crippen LogP) is 2.29. The Morgan fingerprint density at radius 1 is 1.45 bits per heavy atom. The molecule has 1 aromatic carbocycles. The fraction of sp³-hybridized carbons (Fsp3) is 0.333. The van der Waals surface area contributed by atoms with E-state index in [1.54, 1.807) is 24.3 Å². The molecule has 0 saturated heterocycles. The Morgan fingerprint density at radius 3 is 2.85 bits per heavy atom. The molecule has 5 nitrogen and oxygen atoms in total. The zero-order chi connectivity index (χ0) is 15.0. The molecule has 0 aromatic heterocycles. The van der Waals surface area contributed by atoms with Crippen LogP contribution in [-0.4, -0.2) is 23.7 Å². The number of urea groups is 1. The lowest BCUT2D eigenvalue weighted by Gasteiger charge is -2.12. The van der Waals surface area contributed by atoms with Gasteiger partial charge in [0.1, 0.15) is 0 Å². The number of rotatable bonds is 6. The van der Waals surface area contributed by atoms with E-state index in [0.29, 0.717) is 24.2 Å². The van der Waals surface area contributed by atoms with Crippen molar-refractivity contribution in [2.75, 3.05) is 11.9 Å². The summed E-state index contributed by atoms with van der Waals surface area (Å²) < 4.78 is 0. The summed E-state index contributed by atoms with van der Waals surface area (Å²) in [5.41, 5.74) is 1.31. The molecule has 20 heavy (non-hydrogen) atoms. The van der Waals surface area contributed by atoms with Gasteiger partial charge in [-0.05, 0) is 30.5 Å². The fourth-order valence-corrected chi connectivity index (χ4v) is 1.60. The zero-order valence-corrected chi connectivity index (χ0v) is 11.3. The molecule has 0 aliphatic rings. The number of anilines is 1. The van der Waals surface area contributed by atoms with E-state index in [1.807, 2.05) is 6.92 Å². The molecular weight excluding hydrogens is 256 g/mol. The summed E-state index contributed by atoms with van der Waals surface area (Å²) in [4.78, 5) is 22.1. The first kappa shape index (κ1) is 15.6. The Morgan fingerprint density at radius 2 is 2.20 bits per heavy atom. The maximum atomic E-state index is 11.7. The molecule has 0 heterocycles. The van der Waals surface area contributed by atoms with Crippen molar-refractivity contribution < 1.29 is 14.7 Å². The number of hydrogen-bond acceptors (Lipinski definition) is 2. The summed E-state index contributed by atoms with van der Waals surface area (Å²) in [6, 6.07) is 6.65. The lowest BCUT2D eigenvalue weighted by atomic mass is 10.1. The molecule has 1 aromatic rings. The van der Waals surface area contributed by atoms with Crippen LogP contribution in [0.1, 0.15) is 25.3 Å². The molecule has 1 atom stereocenters. The van der Waals surface area contributed by atoms with Crippen molar-refractivity contribution in [2.24, 2.45) is 5.92 Å². The molecule has 0 aliphatic carbocycles. The first-order valence-corrected chi connectivity index (χ1v) is 6.34. The van der Waals surface area contributed by atoms with Crippen LogP contribution in [0.5, 0.6) is 0 Å². The number of aliphatic carboxylic acids is 1. The summed E-state index contributed by atoms with van der Waals surface area (Å²) in [5, 5.41) is 13.9. The number of hydrogen-bond donors (Lipinski definition) is 3. The third-order valence-electron chi connectivity index (χ3n) is 2.75. The SMILES string of the molecule is C#Cc1cccc(NC(=O)NCC(C)CCC(=O)O)c1. The van der Waals surface area contributed by atoms with Gasteiger partial charge in [0.15, 0.2) is 0 Å². The minimum Gasteiger partial charge on any atom is -0.481 e. The fourth-order valence-electron chi connectivity index (χ4n) is 1.60. The summed E-state index contributed by atoms with van der Waals surface area (Å²) in [6.07, 6.45) is 5.92. The predicted molar refractivity (Wildman–Crippen MR) is 77.4 cm³/mol. The van der Waals surface area contributed by atoms with E-state index in [9.17, 15) is 9.59 Å². The van der Waals surface area contributed by atoms with Crippen LogP contribution in [0.3, 0.4) is 0 Å². The van der Waals surface area contributed by atoms with Gasteiger partial charge in [-0.3, -0.25) is 4.79 Å². The van der Waals surface area contributed by atoms with Gasteiger partial charge in [-0.25, -0.2) is 4.79 Å². The smallest absolute Gasteiger partial charge is 0.319 e. The minimum atomic E-state index is -0.826. The second-order valence-corrected chi connectivity index (χ2v) is 4.60. The van der Waals surface area contributed by atoms with Crippen LogP contribution >= 0.6 is 0 Å². The second-order valence-electron chi connectivity index (χ2n) is 4.60. The van der Waals surface area contributed by atoms with Gasteiger partial charge in [0.25, 0.3) is 0 Å². The topological polar surface area (TPSA) is 78.4 Å². The maximum Gasteiger partial charge on any atom is 0.319 e.